The third-order valence-electron chi connectivity index (χ3n) is 2.82. The fraction of sp³-hybridized carbons (Fsp3) is 0.286. The van der Waals surface area contributed by atoms with Gasteiger partial charge in [0.05, 0.1) is 18.4 Å². The molecule has 2 aromatic heterocycles. The predicted molar refractivity (Wildman–Crippen MR) is 71.4 cm³/mol. The number of carboxylic acid groups (broad SMARTS) is 1. The summed E-state index contributed by atoms with van der Waals surface area (Å²) < 4.78 is 5.31. The molecule has 0 bridgehead atoms. The van der Waals surface area contributed by atoms with Crippen molar-refractivity contribution in [2.45, 2.75) is 20.4 Å². The molecule has 2 aromatic rings. The van der Waals surface area contributed by atoms with Gasteiger partial charge in [-0.25, -0.2) is 9.78 Å². The van der Waals surface area contributed by atoms with Gasteiger partial charge in [-0.05, 0) is 38.1 Å². The molecule has 0 fully saturated rings. The summed E-state index contributed by atoms with van der Waals surface area (Å²) in [5.74, 6) is 0.527. The van der Waals surface area contributed by atoms with Gasteiger partial charge in [0.25, 0.3) is 0 Å². The van der Waals surface area contributed by atoms with Gasteiger partial charge in [-0.3, -0.25) is 0 Å². The summed E-state index contributed by atoms with van der Waals surface area (Å²) in [5.41, 5.74) is 0.938. The van der Waals surface area contributed by atoms with E-state index >= 15 is 0 Å². The number of aromatic nitrogens is 1. The first kappa shape index (κ1) is 13.1. The number of hydrogen-bond acceptors (Lipinski definition) is 4. The molecule has 0 aliphatic carbocycles. The van der Waals surface area contributed by atoms with Gasteiger partial charge in [-0.1, -0.05) is 0 Å². The first-order valence-corrected chi connectivity index (χ1v) is 6.09. The molecule has 2 heterocycles. The summed E-state index contributed by atoms with van der Waals surface area (Å²) in [5, 5.41) is 9.08. The summed E-state index contributed by atoms with van der Waals surface area (Å²) in [7, 11) is 0. The van der Waals surface area contributed by atoms with Gasteiger partial charge < -0.3 is 14.4 Å². The highest BCUT2D eigenvalue weighted by Crippen LogP contribution is 2.18. The van der Waals surface area contributed by atoms with Crippen LogP contribution in [0.2, 0.25) is 0 Å². The van der Waals surface area contributed by atoms with Crippen LogP contribution >= 0.6 is 0 Å². The maximum Gasteiger partial charge on any atom is 0.335 e. The zero-order valence-electron chi connectivity index (χ0n) is 11.0. The van der Waals surface area contributed by atoms with Crippen molar-refractivity contribution in [3.05, 3.63) is 47.5 Å². The second kappa shape index (κ2) is 5.56. The van der Waals surface area contributed by atoms with E-state index in [4.69, 9.17) is 9.52 Å². The number of carboxylic acids is 1. The van der Waals surface area contributed by atoms with Crippen LogP contribution in [0.5, 0.6) is 0 Å². The molecule has 0 aliphatic heterocycles. The third kappa shape index (κ3) is 3.13. The van der Waals surface area contributed by atoms with Crippen LogP contribution in [0.15, 0.2) is 34.9 Å². The highest BCUT2D eigenvalue weighted by atomic mass is 16.4. The fourth-order valence-electron chi connectivity index (χ4n) is 1.88. The molecule has 0 atom stereocenters. The summed E-state index contributed by atoms with van der Waals surface area (Å²) in [6.07, 6.45) is 1.62. The molecule has 5 heteroatoms. The van der Waals surface area contributed by atoms with Crippen LogP contribution < -0.4 is 4.90 Å². The Morgan fingerprint density at radius 1 is 1.47 bits per heavy atom. The lowest BCUT2D eigenvalue weighted by Gasteiger charge is -2.21. The quantitative estimate of drug-likeness (QED) is 0.895. The Bertz CT molecular complexity index is 564. The minimum Gasteiger partial charge on any atom is -0.478 e. The number of carbonyl (C=O) groups is 1. The van der Waals surface area contributed by atoms with Gasteiger partial charge in [0.1, 0.15) is 11.6 Å². The number of nitrogens with zero attached hydrogens (tertiary/aromatic N) is 2. The Morgan fingerprint density at radius 3 is 2.84 bits per heavy atom. The number of aryl methyl sites for hydroxylation is 1. The Labute approximate surface area is 111 Å². The van der Waals surface area contributed by atoms with E-state index in [2.05, 4.69) is 4.98 Å². The van der Waals surface area contributed by atoms with Crippen LogP contribution in [0.4, 0.5) is 5.82 Å². The van der Waals surface area contributed by atoms with Gasteiger partial charge in [0.2, 0.25) is 0 Å². The second-order valence-electron chi connectivity index (χ2n) is 4.25. The van der Waals surface area contributed by atoms with E-state index in [-0.39, 0.29) is 5.56 Å². The first-order chi connectivity index (χ1) is 9.10. The summed E-state index contributed by atoms with van der Waals surface area (Å²) in [6, 6.07) is 6.86. The van der Waals surface area contributed by atoms with Crippen molar-refractivity contribution in [1.29, 1.82) is 0 Å². The molecule has 0 unspecified atom stereocenters. The molecule has 0 aromatic carbocycles. The van der Waals surface area contributed by atoms with Crippen molar-refractivity contribution in [3.8, 4) is 0 Å². The molecule has 1 N–H and O–H groups in total. The molecule has 19 heavy (non-hydrogen) atoms. The topological polar surface area (TPSA) is 66.6 Å². The van der Waals surface area contributed by atoms with Crippen LogP contribution in [-0.4, -0.2) is 22.6 Å². The van der Waals surface area contributed by atoms with Crippen molar-refractivity contribution < 1.29 is 14.3 Å². The standard InChI is InChI=1S/C14H16N2O3/c1-3-16(9-12-5-4-6-19-12)13-8-11(14(17)18)7-10(2)15-13/h4-8H,3,9H2,1-2H3,(H,17,18). The van der Waals surface area contributed by atoms with Crippen LogP contribution in [0.25, 0.3) is 0 Å². The number of pyridine rings is 1. The van der Waals surface area contributed by atoms with Gasteiger partial charge in [0.15, 0.2) is 0 Å². The smallest absolute Gasteiger partial charge is 0.335 e. The Hall–Kier alpha value is -2.30. The van der Waals surface area contributed by atoms with E-state index in [0.29, 0.717) is 18.1 Å². The molecule has 5 nitrogen and oxygen atoms in total. The third-order valence-corrected chi connectivity index (χ3v) is 2.82. The lowest BCUT2D eigenvalue weighted by atomic mass is 10.2. The molecule has 0 amide bonds. The van der Waals surface area contributed by atoms with Crippen molar-refractivity contribution in [1.82, 2.24) is 4.98 Å². The molecular weight excluding hydrogens is 244 g/mol. The monoisotopic (exact) mass is 260 g/mol. The normalized spacial score (nSPS) is 10.4. The number of anilines is 1. The van der Waals surface area contributed by atoms with Gasteiger partial charge in [0, 0.05) is 12.2 Å². The van der Waals surface area contributed by atoms with Crippen LogP contribution in [0.3, 0.4) is 0 Å². The van der Waals surface area contributed by atoms with E-state index < -0.39 is 5.97 Å². The Morgan fingerprint density at radius 2 is 2.26 bits per heavy atom. The fourth-order valence-corrected chi connectivity index (χ4v) is 1.88. The molecule has 0 spiro atoms. The molecule has 0 saturated carbocycles. The summed E-state index contributed by atoms with van der Waals surface area (Å²) in [6.45, 7) is 5.07. The number of rotatable bonds is 5. The Balaban J connectivity index is 2.29. The summed E-state index contributed by atoms with van der Waals surface area (Å²) >= 11 is 0. The van der Waals surface area contributed by atoms with Crippen molar-refractivity contribution in [2.75, 3.05) is 11.4 Å². The molecule has 2 rings (SSSR count). The lowest BCUT2D eigenvalue weighted by Crippen LogP contribution is -2.23. The second-order valence-corrected chi connectivity index (χ2v) is 4.25. The SMILES string of the molecule is CCN(Cc1ccco1)c1cc(C(=O)O)cc(C)n1. The average Bonchev–Trinajstić information content (AvgIpc) is 2.88. The van der Waals surface area contributed by atoms with Crippen molar-refractivity contribution >= 4 is 11.8 Å². The van der Waals surface area contributed by atoms with E-state index in [1.165, 1.54) is 0 Å². The van der Waals surface area contributed by atoms with Gasteiger partial charge in [-0.15, -0.1) is 0 Å². The zero-order chi connectivity index (χ0) is 13.8. The van der Waals surface area contributed by atoms with E-state index in [1.54, 1.807) is 25.3 Å². The maximum absolute atomic E-state index is 11.1. The van der Waals surface area contributed by atoms with Gasteiger partial charge >= 0.3 is 5.97 Å². The molecule has 100 valence electrons. The van der Waals surface area contributed by atoms with E-state index in [1.807, 2.05) is 24.0 Å². The minimum atomic E-state index is -0.944. The van der Waals surface area contributed by atoms with Crippen molar-refractivity contribution in [2.24, 2.45) is 0 Å². The van der Waals surface area contributed by atoms with Crippen LogP contribution in [0, 0.1) is 6.92 Å². The highest BCUT2D eigenvalue weighted by molar-refractivity contribution is 5.88. The van der Waals surface area contributed by atoms with Crippen molar-refractivity contribution in [3.63, 3.8) is 0 Å². The van der Waals surface area contributed by atoms with E-state index in [0.717, 1.165) is 12.3 Å². The largest absolute Gasteiger partial charge is 0.478 e. The molecule has 0 aliphatic rings. The van der Waals surface area contributed by atoms with E-state index in [9.17, 15) is 4.79 Å². The molecule has 0 radical (unpaired) electrons. The van der Waals surface area contributed by atoms with Crippen LogP contribution in [-0.2, 0) is 6.54 Å². The number of aromatic carboxylic acids is 1. The van der Waals surface area contributed by atoms with Gasteiger partial charge in [-0.2, -0.15) is 0 Å². The highest BCUT2D eigenvalue weighted by Gasteiger charge is 2.12. The lowest BCUT2D eigenvalue weighted by molar-refractivity contribution is 0.0696. The maximum atomic E-state index is 11.1. The average molecular weight is 260 g/mol. The Kier molecular flexibility index (Phi) is 3.85. The minimum absolute atomic E-state index is 0.250. The van der Waals surface area contributed by atoms with Crippen LogP contribution in [0.1, 0.15) is 28.7 Å². The summed E-state index contributed by atoms with van der Waals surface area (Å²) in [4.78, 5) is 17.4. The molecular formula is C14H16N2O3. The number of hydrogen-bond donors (Lipinski definition) is 1. The first-order valence-electron chi connectivity index (χ1n) is 6.09. The zero-order valence-corrected chi connectivity index (χ0v) is 11.0. The molecule has 0 saturated heterocycles. The number of furan rings is 1. The predicted octanol–water partition coefficient (Wildman–Crippen LogP) is 2.71.